The van der Waals surface area contributed by atoms with Gasteiger partial charge >= 0.3 is 0 Å². The van der Waals surface area contributed by atoms with Gasteiger partial charge in [0.15, 0.2) is 5.96 Å². The van der Waals surface area contributed by atoms with Crippen LogP contribution in [0.5, 0.6) is 0 Å². The van der Waals surface area contributed by atoms with Crippen molar-refractivity contribution in [1.82, 2.24) is 5.32 Å². The summed E-state index contributed by atoms with van der Waals surface area (Å²) in [6.07, 6.45) is 5.41. The molecule has 0 amide bonds. The molecule has 1 saturated carbocycles. The first-order valence-electron chi connectivity index (χ1n) is 7.13. The van der Waals surface area contributed by atoms with Crippen molar-refractivity contribution in [1.29, 1.82) is 0 Å². The van der Waals surface area contributed by atoms with Crippen LogP contribution in [-0.2, 0) is 6.42 Å². The fourth-order valence-corrected chi connectivity index (χ4v) is 2.51. The lowest BCUT2D eigenvalue weighted by atomic mass is 9.86. The van der Waals surface area contributed by atoms with Gasteiger partial charge in [-0.05, 0) is 49.3 Å². The minimum absolute atomic E-state index is 0. The Morgan fingerprint density at radius 3 is 2.81 bits per heavy atom. The van der Waals surface area contributed by atoms with E-state index in [1.165, 1.54) is 25.3 Å². The Morgan fingerprint density at radius 1 is 1.43 bits per heavy atom. The van der Waals surface area contributed by atoms with Crippen molar-refractivity contribution in [2.75, 3.05) is 13.1 Å². The molecule has 0 radical (unpaired) electrons. The molecule has 3 N–H and O–H groups in total. The Kier molecular flexibility index (Phi) is 8.55. The van der Waals surface area contributed by atoms with Crippen LogP contribution in [0.15, 0.2) is 27.7 Å². The van der Waals surface area contributed by atoms with Crippen LogP contribution in [0.3, 0.4) is 0 Å². The number of benzene rings is 1. The molecule has 0 saturated heterocycles. The number of nitrogens with zero attached hydrogens (tertiary/aromatic N) is 1. The fraction of sp³-hybridized carbons (Fsp3) is 0.533. The normalized spacial score (nSPS) is 15.2. The highest BCUT2D eigenvalue weighted by Crippen LogP contribution is 2.26. The maximum atomic E-state index is 13.6. The molecule has 21 heavy (non-hydrogen) atoms. The quantitative estimate of drug-likeness (QED) is 0.288. The predicted molar refractivity (Wildman–Crippen MR) is 99.7 cm³/mol. The van der Waals surface area contributed by atoms with E-state index in [-0.39, 0.29) is 29.8 Å². The van der Waals surface area contributed by atoms with E-state index in [2.05, 4.69) is 26.2 Å². The highest BCUT2D eigenvalue weighted by molar-refractivity contribution is 14.0. The van der Waals surface area contributed by atoms with E-state index in [1.54, 1.807) is 0 Å². The Hall–Kier alpha value is -0.370. The molecule has 0 bridgehead atoms. The summed E-state index contributed by atoms with van der Waals surface area (Å²) in [7, 11) is 0. The standard InChI is InChI=1S/C15H21BrFN3.HI/c16-13-7-6-12(14(17)9-13)5-2-8-19-15(18)20-10-11-3-1-4-11;/h6-7,9,11H,1-5,8,10H2,(H3,18,19,20);1H. The molecule has 118 valence electrons. The predicted octanol–water partition coefficient (Wildman–Crippen LogP) is 3.84. The lowest BCUT2D eigenvalue weighted by Gasteiger charge is -2.23. The molecule has 3 nitrogen and oxygen atoms in total. The van der Waals surface area contributed by atoms with Crippen LogP contribution in [0.25, 0.3) is 0 Å². The summed E-state index contributed by atoms with van der Waals surface area (Å²) in [6, 6.07) is 5.17. The highest BCUT2D eigenvalue weighted by atomic mass is 127. The van der Waals surface area contributed by atoms with E-state index >= 15 is 0 Å². The zero-order valence-electron chi connectivity index (χ0n) is 11.9. The number of hydrogen-bond acceptors (Lipinski definition) is 1. The molecule has 6 heteroatoms. The number of nitrogens with one attached hydrogen (secondary N) is 1. The first kappa shape index (κ1) is 18.7. The average Bonchev–Trinajstić information content (AvgIpc) is 2.35. The molecule has 1 aromatic carbocycles. The summed E-state index contributed by atoms with van der Waals surface area (Å²) in [4.78, 5) is 4.32. The van der Waals surface area contributed by atoms with Gasteiger partial charge < -0.3 is 11.1 Å². The van der Waals surface area contributed by atoms with Gasteiger partial charge in [0, 0.05) is 17.6 Å². The maximum Gasteiger partial charge on any atom is 0.188 e. The van der Waals surface area contributed by atoms with Crippen LogP contribution in [0.1, 0.15) is 31.2 Å². The molecule has 0 atom stereocenters. The van der Waals surface area contributed by atoms with E-state index < -0.39 is 0 Å². The number of aryl methyl sites for hydroxylation is 1. The molecule has 0 aromatic heterocycles. The molecule has 1 fully saturated rings. The molecule has 1 aromatic rings. The van der Waals surface area contributed by atoms with E-state index in [4.69, 9.17) is 5.73 Å². The van der Waals surface area contributed by atoms with E-state index in [1.807, 2.05) is 12.1 Å². The molecule has 0 unspecified atom stereocenters. The summed E-state index contributed by atoms with van der Waals surface area (Å²) in [6.45, 7) is 1.55. The SMILES string of the molecule is I.NC(=NCC1CCC1)NCCCc1ccc(Br)cc1F. The second kappa shape index (κ2) is 9.61. The average molecular weight is 470 g/mol. The molecule has 0 spiro atoms. The third-order valence-electron chi connectivity index (χ3n) is 3.69. The number of aliphatic imine (C=N–C) groups is 1. The molecule has 0 aliphatic heterocycles. The van der Waals surface area contributed by atoms with Crippen LogP contribution in [0, 0.1) is 11.7 Å². The van der Waals surface area contributed by atoms with E-state index in [0.717, 1.165) is 35.5 Å². The van der Waals surface area contributed by atoms with Gasteiger partial charge in [-0.15, -0.1) is 24.0 Å². The van der Waals surface area contributed by atoms with Crippen molar-refractivity contribution in [3.05, 3.63) is 34.1 Å². The highest BCUT2D eigenvalue weighted by Gasteiger charge is 2.16. The molecular formula is C15H22BrFIN3. The number of halogens is 3. The zero-order chi connectivity index (χ0) is 14.4. The van der Waals surface area contributed by atoms with Gasteiger partial charge in [-0.3, -0.25) is 4.99 Å². The second-order valence-corrected chi connectivity index (χ2v) is 6.20. The Balaban J connectivity index is 0.00000220. The van der Waals surface area contributed by atoms with Crippen molar-refractivity contribution < 1.29 is 4.39 Å². The van der Waals surface area contributed by atoms with Crippen LogP contribution in [0.2, 0.25) is 0 Å². The zero-order valence-corrected chi connectivity index (χ0v) is 15.9. The molecular weight excluding hydrogens is 448 g/mol. The van der Waals surface area contributed by atoms with Crippen LogP contribution in [-0.4, -0.2) is 19.0 Å². The summed E-state index contributed by atoms with van der Waals surface area (Å²) < 4.78 is 14.4. The second-order valence-electron chi connectivity index (χ2n) is 5.29. The maximum absolute atomic E-state index is 13.6. The van der Waals surface area contributed by atoms with Gasteiger partial charge in [0.05, 0.1) is 0 Å². The smallest absolute Gasteiger partial charge is 0.188 e. The van der Waals surface area contributed by atoms with Gasteiger partial charge in [-0.25, -0.2) is 4.39 Å². The lowest BCUT2D eigenvalue weighted by molar-refractivity contribution is 0.326. The van der Waals surface area contributed by atoms with Gasteiger partial charge in [-0.1, -0.05) is 28.4 Å². The number of hydrogen-bond donors (Lipinski definition) is 2. The molecule has 1 aliphatic rings. The van der Waals surface area contributed by atoms with Crippen LogP contribution >= 0.6 is 39.9 Å². The summed E-state index contributed by atoms with van der Waals surface area (Å²) in [5, 5.41) is 3.08. The third kappa shape index (κ3) is 6.50. The van der Waals surface area contributed by atoms with Gasteiger partial charge in [0.25, 0.3) is 0 Å². The van der Waals surface area contributed by atoms with Crippen LogP contribution in [0.4, 0.5) is 4.39 Å². The summed E-state index contributed by atoms with van der Waals surface area (Å²) >= 11 is 3.25. The van der Waals surface area contributed by atoms with E-state index in [9.17, 15) is 4.39 Å². The minimum atomic E-state index is -0.161. The van der Waals surface area contributed by atoms with Crippen molar-refractivity contribution in [2.24, 2.45) is 16.6 Å². The van der Waals surface area contributed by atoms with Crippen molar-refractivity contribution in [2.45, 2.75) is 32.1 Å². The first-order chi connectivity index (χ1) is 9.65. The Labute approximate surface area is 151 Å². The Bertz CT molecular complexity index is 478. The number of rotatable bonds is 6. The molecule has 0 heterocycles. The summed E-state index contributed by atoms with van der Waals surface area (Å²) in [5.41, 5.74) is 6.52. The first-order valence-corrected chi connectivity index (χ1v) is 7.92. The van der Waals surface area contributed by atoms with Gasteiger partial charge in [0.1, 0.15) is 5.82 Å². The largest absolute Gasteiger partial charge is 0.370 e. The topological polar surface area (TPSA) is 50.4 Å². The number of nitrogens with two attached hydrogens (primary N) is 1. The summed E-state index contributed by atoms with van der Waals surface area (Å²) in [5.74, 6) is 1.08. The van der Waals surface area contributed by atoms with E-state index in [0.29, 0.717) is 12.4 Å². The molecule has 2 rings (SSSR count). The monoisotopic (exact) mass is 469 g/mol. The van der Waals surface area contributed by atoms with Crippen LogP contribution < -0.4 is 11.1 Å². The van der Waals surface area contributed by atoms with Crippen molar-refractivity contribution in [3.63, 3.8) is 0 Å². The van der Waals surface area contributed by atoms with Crippen molar-refractivity contribution in [3.8, 4) is 0 Å². The number of guanidine groups is 1. The van der Waals surface area contributed by atoms with Gasteiger partial charge in [-0.2, -0.15) is 0 Å². The fourth-order valence-electron chi connectivity index (χ4n) is 2.18. The Morgan fingerprint density at radius 2 is 2.19 bits per heavy atom. The third-order valence-corrected chi connectivity index (χ3v) is 4.18. The van der Waals surface area contributed by atoms with Crippen molar-refractivity contribution >= 4 is 45.9 Å². The lowest BCUT2D eigenvalue weighted by Crippen LogP contribution is -2.33. The van der Waals surface area contributed by atoms with Gasteiger partial charge in [0.2, 0.25) is 0 Å². The minimum Gasteiger partial charge on any atom is -0.370 e. The molecule has 1 aliphatic carbocycles.